The average Bonchev–Trinajstić information content (AvgIpc) is 2.37. The molecule has 2 aromatic rings. The number of hydrogen-bond acceptors (Lipinski definition) is 3. The van der Waals surface area contributed by atoms with Crippen LogP contribution >= 0.6 is 0 Å². The molecule has 0 saturated heterocycles. The molecule has 0 fully saturated rings. The molecule has 0 atom stereocenters. The van der Waals surface area contributed by atoms with E-state index in [1.807, 2.05) is 0 Å². The van der Waals surface area contributed by atoms with Crippen LogP contribution in [0.2, 0.25) is 0 Å². The summed E-state index contributed by atoms with van der Waals surface area (Å²) >= 11 is 0. The van der Waals surface area contributed by atoms with Gasteiger partial charge in [-0.2, -0.15) is 13.2 Å². The Labute approximate surface area is 111 Å². The van der Waals surface area contributed by atoms with E-state index in [1.54, 1.807) is 0 Å². The van der Waals surface area contributed by atoms with Crippen LogP contribution in [-0.4, -0.2) is 10.0 Å². The second kappa shape index (κ2) is 4.84. The third-order valence-corrected chi connectivity index (χ3v) is 2.72. The maximum Gasteiger partial charge on any atom is 0.417 e. The van der Waals surface area contributed by atoms with Crippen molar-refractivity contribution in [2.45, 2.75) is 6.18 Å². The summed E-state index contributed by atoms with van der Waals surface area (Å²) in [5, 5.41) is 20.1. The number of hydrogen-bond donors (Lipinski definition) is 1. The molecule has 0 aliphatic rings. The summed E-state index contributed by atoms with van der Waals surface area (Å²) in [7, 11) is 0. The molecule has 2 aromatic carbocycles. The van der Waals surface area contributed by atoms with Gasteiger partial charge in [-0.25, -0.2) is 0 Å². The third-order valence-electron chi connectivity index (χ3n) is 2.72. The minimum Gasteiger partial charge on any atom is -0.502 e. The number of aromatic hydroxyl groups is 1. The van der Waals surface area contributed by atoms with E-state index in [9.17, 15) is 28.4 Å². The summed E-state index contributed by atoms with van der Waals surface area (Å²) in [6.45, 7) is 0. The Morgan fingerprint density at radius 3 is 2.30 bits per heavy atom. The van der Waals surface area contributed by atoms with Crippen molar-refractivity contribution < 1.29 is 23.2 Å². The lowest BCUT2D eigenvalue weighted by Crippen LogP contribution is -2.06. The minimum atomic E-state index is -4.55. The highest BCUT2D eigenvalue weighted by Gasteiger charge is 2.33. The van der Waals surface area contributed by atoms with Crippen LogP contribution in [0.4, 0.5) is 18.9 Å². The zero-order valence-corrected chi connectivity index (χ0v) is 9.89. The Hall–Kier alpha value is -2.57. The summed E-state index contributed by atoms with van der Waals surface area (Å²) in [5.41, 5.74) is -1.52. The topological polar surface area (TPSA) is 63.4 Å². The standard InChI is InChI=1S/C13H8F3NO3/c14-13(15,16)10-4-2-1-3-9(10)8-5-6-11(17(19)20)12(18)7-8/h1-7,18H. The maximum atomic E-state index is 12.9. The van der Waals surface area contributed by atoms with E-state index in [1.165, 1.54) is 24.3 Å². The quantitative estimate of drug-likeness (QED) is 0.669. The molecule has 0 amide bonds. The van der Waals surface area contributed by atoms with Gasteiger partial charge in [0.1, 0.15) is 0 Å². The van der Waals surface area contributed by atoms with Crippen molar-refractivity contribution in [3.63, 3.8) is 0 Å². The summed E-state index contributed by atoms with van der Waals surface area (Å²) in [5.74, 6) is -0.676. The van der Waals surface area contributed by atoms with E-state index >= 15 is 0 Å². The van der Waals surface area contributed by atoms with Gasteiger partial charge in [0, 0.05) is 6.07 Å². The Kier molecular flexibility index (Phi) is 3.35. The number of benzene rings is 2. The predicted molar refractivity (Wildman–Crippen MR) is 65.2 cm³/mol. The van der Waals surface area contributed by atoms with E-state index in [0.717, 1.165) is 18.2 Å². The molecular formula is C13H8F3NO3. The molecule has 20 heavy (non-hydrogen) atoms. The number of halogens is 3. The van der Waals surface area contributed by atoms with E-state index in [2.05, 4.69) is 0 Å². The van der Waals surface area contributed by atoms with Gasteiger partial charge >= 0.3 is 11.9 Å². The SMILES string of the molecule is O=[N+]([O-])c1ccc(-c2ccccc2C(F)(F)F)cc1O. The first kappa shape index (κ1) is 13.9. The van der Waals surface area contributed by atoms with Crippen LogP contribution in [0.15, 0.2) is 42.5 Å². The second-order valence-corrected chi connectivity index (χ2v) is 4.00. The molecule has 2 rings (SSSR count). The van der Waals surface area contributed by atoms with Gasteiger partial charge in [0.2, 0.25) is 0 Å². The first-order valence-electron chi connectivity index (χ1n) is 5.44. The number of alkyl halides is 3. The molecule has 0 aliphatic carbocycles. The van der Waals surface area contributed by atoms with E-state index in [4.69, 9.17) is 0 Å². The van der Waals surface area contributed by atoms with Gasteiger partial charge in [-0.15, -0.1) is 0 Å². The lowest BCUT2D eigenvalue weighted by molar-refractivity contribution is -0.385. The predicted octanol–water partition coefficient (Wildman–Crippen LogP) is 3.99. The van der Waals surface area contributed by atoms with Crippen molar-refractivity contribution >= 4 is 5.69 Å². The van der Waals surface area contributed by atoms with Crippen molar-refractivity contribution in [1.29, 1.82) is 0 Å². The zero-order valence-electron chi connectivity index (χ0n) is 9.89. The summed E-state index contributed by atoms with van der Waals surface area (Å²) in [4.78, 5) is 9.75. The molecule has 0 heterocycles. The number of nitro groups is 1. The highest BCUT2D eigenvalue weighted by molar-refractivity contribution is 5.71. The molecule has 0 spiro atoms. The smallest absolute Gasteiger partial charge is 0.417 e. The average molecular weight is 283 g/mol. The van der Waals surface area contributed by atoms with E-state index in [-0.39, 0.29) is 11.1 Å². The summed E-state index contributed by atoms with van der Waals surface area (Å²) in [6, 6.07) is 7.90. The van der Waals surface area contributed by atoms with Gasteiger partial charge in [-0.1, -0.05) is 18.2 Å². The zero-order chi connectivity index (χ0) is 14.9. The third kappa shape index (κ3) is 2.56. The molecule has 0 aliphatic heterocycles. The van der Waals surface area contributed by atoms with Crippen molar-refractivity contribution in [2.24, 2.45) is 0 Å². The van der Waals surface area contributed by atoms with Gasteiger partial charge in [-0.3, -0.25) is 10.1 Å². The van der Waals surface area contributed by atoms with Crippen LogP contribution in [0.5, 0.6) is 5.75 Å². The first-order valence-corrected chi connectivity index (χ1v) is 5.44. The maximum absolute atomic E-state index is 12.9. The van der Waals surface area contributed by atoms with Gasteiger partial charge in [-0.05, 0) is 29.3 Å². The van der Waals surface area contributed by atoms with E-state index < -0.39 is 28.1 Å². The highest BCUT2D eigenvalue weighted by atomic mass is 19.4. The largest absolute Gasteiger partial charge is 0.502 e. The monoisotopic (exact) mass is 283 g/mol. The molecule has 1 N–H and O–H groups in total. The molecule has 104 valence electrons. The fourth-order valence-corrected chi connectivity index (χ4v) is 1.83. The minimum absolute atomic E-state index is 0.0565. The molecule has 0 saturated carbocycles. The van der Waals surface area contributed by atoms with Gasteiger partial charge < -0.3 is 5.11 Å². The molecule has 0 aromatic heterocycles. The number of nitro benzene ring substituents is 1. The fourth-order valence-electron chi connectivity index (χ4n) is 1.83. The Morgan fingerprint density at radius 2 is 1.75 bits per heavy atom. The number of nitrogens with zero attached hydrogens (tertiary/aromatic N) is 1. The molecule has 7 heteroatoms. The van der Waals surface area contributed by atoms with Gasteiger partial charge in [0.15, 0.2) is 5.75 Å². The van der Waals surface area contributed by atoms with Crippen molar-refractivity contribution in [1.82, 2.24) is 0 Å². The van der Waals surface area contributed by atoms with Crippen LogP contribution in [0, 0.1) is 10.1 Å². The van der Waals surface area contributed by atoms with Crippen LogP contribution in [0.1, 0.15) is 5.56 Å². The number of phenolic OH excluding ortho intramolecular Hbond substituents is 1. The molecule has 0 unspecified atom stereocenters. The van der Waals surface area contributed by atoms with Crippen LogP contribution in [-0.2, 0) is 6.18 Å². The lowest BCUT2D eigenvalue weighted by atomic mass is 9.99. The first-order chi connectivity index (χ1) is 9.30. The molecule has 0 bridgehead atoms. The Balaban J connectivity index is 2.59. The van der Waals surface area contributed by atoms with E-state index in [0.29, 0.717) is 0 Å². The Morgan fingerprint density at radius 1 is 1.10 bits per heavy atom. The van der Waals surface area contributed by atoms with Crippen LogP contribution in [0.25, 0.3) is 11.1 Å². The van der Waals surface area contributed by atoms with Crippen molar-refractivity contribution in [3.05, 3.63) is 58.1 Å². The van der Waals surface area contributed by atoms with Gasteiger partial charge in [0.25, 0.3) is 0 Å². The fraction of sp³-hybridized carbons (Fsp3) is 0.0769. The van der Waals surface area contributed by atoms with Crippen molar-refractivity contribution in [3.8, 4) is 16.9 Å². The van der Waals surface area contributed by atoms with Gasteiger partial charge in [0.05, 0.1) is 10.5 Å². The Bertz CT molecular complexity index is 668. The van der Waals surface area contributed by atoms with Crippen LogP contribution < -0.4 is 0 Å². The normalized spacial score (nSPS) is 11.3. The highest BCUT2D eigenvalue weighted by Crippen LogP contribution is 2.39. The summed E-state index contributed by atoms with van der Waals surface area (Å²) in [6.07, 6.45) is -4.55. The summed E-state index contributed by atoms with van der Waals surface area (Å²) < 4.78 is 38.6. The van der Waals surface area contributed by atoms with Crippen molar-refractivity contribution in [2.75, 3.05) is 0 Å². The van der Waals surface area contributed by atoms with Crippen LogP contribution in [0.3, 0.4) is 0 Å². The molecular weight excluding hydrogens is 275 g/mol. The molecule has 4 nitrogen and oxygen atoms in total. The number of phenols is 1. The second-order valence-electron chi connectivity index (χ2n) is 4.00. The molecule has 0 radical (unpaired) electrons. The number of rotatable bonds is 2. The lowest BCUT2D eigenvalue weighted by Gasteiger charge is -2.12.